The molecule has 2 heterocycles. The molecule has 0 aliphatic heterocycles. The molecular formula is C13H11N3. The van der Waals surface area contributed by atoms with Crippen LogP contribution in [0.5, 0.6) is 0 Å². The maximum atomic E-state index is 4.58. The molecule has 0 aliphatic rings. The van der Waals surface area contributed by atoms with E-state index in [0.717, 1.165) is 22.6 Å². The Morgan fingerprint density at radius 1 is 1.12 bits per heavy atom. The van der Waals surface area contributed by atoms with Gasteiger partial charge in [-0.1, -0.05) is 30.3 Å². The van der Waals surface area contributed by atoms with E-state index in [1.807, 2.05) is 41.9 Å². The van der Waals surface area contributed by atoms with Crippen molar-refractivity contribution >= 4 is 5.65 Å². The van der Waals surface area contributed by atoms with Crippen LogP contribution in [0.3, 0.4) is 0 Å². The summed E-state index contributed by atoms with van der Waals surface area (Å²) in [5.74, 6) is 0. The molecule has 0 atom stereocenters. The number of hydrogen-bond donors (Lipinski definition) is 0. The van der Waals surface area contributed by atoms with E-state index in [0.29, 0.717) is 0 Å². The summed E-state index contributed by atoms with van der Waals surface area (Å²) in [6.07, 6.45) is 5.74. The first kappa shape index (κ1) is 9.09. The summed E-state index contributed by atoms with van der Waals surface area (Å²) in [5.41, 5.74) is 3.98. The van der Waals surface area contributed by atoms with Crippen LogP contribution in [0.2, 0.25) is 0 Å². The van der Waals surface area contributed by atoms with Gasteiger partial charge in [-0.25, -0.2) is 4.98 Å². The monoisotopic (exact) mass is 209 g/mol. The van der Waals surface area contributed by atoms with Crippen molar-refractivity contribution in [2.24, 2.45) is 0 Å². The lowest BCUT2D eigenvalue weighted by molar-refractivity contribution is 1.08. The zero-order valence-electron chi connectivity index (χ0n) is 8.96. The van der Waals surface area contributed by atoms with Crippen molar-refractivity contribution in [2.75, 3.05) is 0 Å². The molecule has 0 N–H and O–H groups in total. The van der Waals surface area contributed by atoms with E-state index in [1.54, 1.807) is 6.20 Å². The highest BCUT2D eigenvalue weighted by atomic mass is 15.0. The molecule has 0 aliphatic carbocycles. The molecule has 0 saturated heterocycles. The highest BCUT2D eigenvalue weighted by molar-refractivity contribution is 5.63. The Labute approximate surface area is 93.4 Å². The first-order valence-electron chi connectivity index (χ1n) is 5.20. The molecule has 3 nitrogen and oxygen atoms in total. The van der Waals surface area contributed by atoms with Gasteiger partial charge >= 0.3 is 0 Å². The van der Waals surface area contributed by atoms with E-state index in [1.165, 1.54) is 0 Å². The van der Waals surface area contributed by atoms with E-state index < -0.39 is 0 Å². The van der Waals surface area contributed by atoms with Crippen LogP contribution in [-0.4, -0.2) is 14.4 Å². The maximum Gasteiger partial charge on any atom is 0.158 e. The minimum absolute atomic E-state index is 0.918. The predicted octanol–water partition coefficient (Wildman–Crippen LogP) is 2.70. The zero-order chi connectivity index (χ0) is 11.0. The third-order valence-corrected chi connectivity index (χ3v) is 2.62. The van der Waals surface area contributed by atoms with Crippen LogP contribution in [0.25, 0.3) is 16.9 Å². The quantitative estimate of drug-likeness (QED) is 0.616. The maximum absolute atomic E-state index is 4.58. The van der Waals surface area contributed by atoms with Gasteiger partial charge in [-0.05, 0) is 6.92 Å². The summed E-state index contributed by atoms with van der Waals surface area (Å²) in [6, 6.07) is 10.2. The summed E-state index contributed by atoms with van der Waals surface area (Å²) >= 11 is 0. The average Bonchev–Trinajstić information content (AvgIpc) is 2.76. The fourth-order valence-electron chi connectivity index (χ4n) is 1.80. The van der Waals surface area contributed by atoms with Crippen LogP contribution in [0.1, 0.15) is 5.69 Å². The molecule has 2 aromatic heterocycles. The second kappa shape index (κ2) is 3.45. The Kier molecular flexibility index (Phi) is 1.96. The summed E-state index contributed by atoms with van der Waals surface area (Å²) in [5, 5.41) is 0. The molecule has 16 heavy (non-hydrogen) atoms. The Morgan fingerprint density at radius 2 is 1.94 bits per heavy atom. The Morgan fingerprint density at radius 3 is 2.69 bits per heavy atom. The molecule has 3 aromatic rings. The average molecular weight is 209 g/mol. The van der Waals surface area contributed by atoms with Gasteiger partial charge in [-0.15, -0.1) is 0 Å². The number of hydrogen-bond acceptors (Lipinski definition) is 2. The number of nitrogens with zero attached hydrogens (tertiary/aromatic N) is 3. The van der Waals surface area contributed by atoms with Crippen molar-refractivity contribution in [2.45, 2.75) is 6.92 Å². The number of aryl methyl sites for hydroxylation is 1. The molecule has 78 valence electrons. The van der Waals surface area contributed by atoms with Gasteiger partial charge < -0.3 is 4.40 Å². The van der Waals surface area contributed by atoms with Crippen molar-refractivity contribution in [1.29, 1.82) is 0 Å². The van der Waals surface area contributed by atoms with Crippen LogP contribution >= 0.6 is 0 Å². The standard InChI is InChI=1S/C13H11N3/c1-10-13-15-12(9-16(13)8-7-14-10)11-5-3-2-4-6-11/h2-9H,1H3. The summed E-state index contributed by atoms with van der Waals surface area (Å²) < 4.78 is 2.00. The van der Waals surface area contributed by atoms with Crippen LogP contribution in [0, 0.1) is 6.92 Å². The number of imidazole rings is 1. The van der Waals surface area contributed by atoms with Gasteiger partial charge in [0.05, 0.1) is 11.4 Å². The molecule has 0 fully saturated rings. The zero-order valence-corrected chi connectivity index (χ0v) is 8.96. The Balaban J connectivity index is 2.23. The van der Waals surface area contributed by atoms with Crippen molar-refractivity contribution in [3.8, 4) is 11.3 Å². The van der Waals surface area contributed by atoms with Gasteiger partial charge in [0.25, 0.3) is 0 Å². The number of rotatable bonds is 1. The number of benzene rings is 1. The second-order valence-electron chi connectivity index (χ2n) is 3.74. The van der Waals surface area contributed by atoms with Crippen molar-refractivity contribution in [3.63, 3.8) is 0 Å². The van der Waals surface area contributed by atoms with E-state index in [2.05, 4.69) is 22.1 Å². The summed E-state index contributed by atoms with van der Waals surface area (Å²) in [6.45, 7) is 1.97. The van der Waals surface area contributed by atoms with Gasteiger partial charge in [0.15, 0.2) is 5.65 Å². The van der Waals surface area contributed by atoms with Crippen LogP contribution in [0.4, 0.5) is 0 Å². The molecule has 0 amide bonds. The predicted molar refractivity (Wildman–Crippen MR) is 63.2 cm³/mol. The summed E-state index contributed by atoms with van der Waals surface area (Å²) in [4.78, 5) is 8.81. The fourth-order valence-corrected chi connectivity index (χ4v) is 1.80. The van der Waals surface area contributed by atoms with Crippen LogP contribution in [-0.2, 0) is 0 Å². The lowest BCUT2D eigenvalue weighted by atomic mass is 10.2. The molecule has 0 saturated carbocycles. The van der Waals surface area contributed by atoms with Gasteiger partial charge in [0, 0.05) is 24.2 Å². The molecule has 3 rings (SSSR count). The number of aromatic nitrogens is 3. The lowest BCUT2D eigenvalue weighted by Crippen LogP contribution is -1.88. The molecule has 3 heteroatoms. The largest absolute Gasteiger partial charge is 0.303 e. The third-order valence-electron chi connectivity index (χ3n) is 2.62. The third kappa shape index (κ3) is 1.37. The highest BCUT2D eigenvalue weighted by Crippen LogP contribution is 2.19. The van der Waals surface area contributed by atoms with Crippen molar-refractivity contribution < 1.29 is 0 Å². The first-order chi connectivity index (χ1) is 7.84. The van der Waals surface area contributed by atoms with E-state index in [9.17, 15) is 0 Å². The van der Waals surface area contributed by atoms with E-state index in [-0.39, 0.29) is 0 Å². The first-order valence-corrected chi connectivity index (χ1v) is 5.20. The van der Waals surface area contributed by atoms with Crippen LogP contribution in [0.15, 0.2) is 48.9 Å². The summed E-state index contributed by atoms with van der Waals surface area (Å²) in [7, 11) is 0. The number of fused-ring (bicyclic) bond motifs is 1. The molecule has 0 unspecified atom stereocenters. The second-order valence-corrected chi connectivity index (χ2v) is 3.74. The smallest absolute Gasteiger partial charge is 0.158 e. The molecule has 1 aromatic carbocycles. The van der Waals surface area contributed by atoms with E-state index in [4.69, 9.17) is 0 Å². The molecular weight excluding hydrogens is 198 g/mol. The van der Waals surface area contributed by atoms with Gasteiger partial charge in [0.1, 0.15) is 0 Å². The van der Waals surface area contributed by atoms with Crippen molar-refractivity contribution in [1.82, 2.24) is 14.4 Å². The highest BCUT2D eigenvalue weighted by Gasteiger charge is 2.05. The topological polar surface area (TPSA) is 30.2 Å². The van der Waals surface area contributed by atoms with Gasteiger partial charge in [-0.3, -0.25) is 4.98 Å². The Bertz CT molecular complexity index is 626. The molecule has 0 spiro atoms. The normalized spacial score (nSPS) is 10.8. The van der Waals surface area contributed by atoms with Gasteiger partial charge in [0.2, 0.25) is 0 Å². The van der Waals surface area contributed by atoms with Gasteiger partial charge in [-0.2, -0.15) is 0 Å². The fraction of sp³-hybridized carbons (Fsp3) is 0.0769. The SMILES string of the molecule is Cc1nccn2cc(-c3ccccc3)nc12. The Hall–Kier alpha value is -2.16. The van der Waals surface area contributed by atoms with Crippen LogP contribution < -0.4 is 0 Å². The minimum Gasteiger partial charge on any atom is -0.303 e. The lowest BCUT2D eigenvalue weighted by Gasteiger charge is -1.93. The molecule has 0 radical (unpaired) electrons. The van der Waals surface area contributed by atoms with E-state index >= 15 is 0 Å². The van der Waals surface area contributed by atoms with Crippen molar-refractivity contribution in [3.05, 3.63) is 54.6 Å². The molecule has 0 bridgehead atoms. The minimum atomic E-state index is 0.918.